The Balaban J connectivity index is 1.78. The Morgan fingerprint density at radius 1 is 0.939 bits per heavy atom. The molecule has 3 aromatic rings. The van der Waals surface area contributed by atoms with E-state index >= 15 is 0 Å². The number of hydrogen-bond acceptors (Lipinski definition) is 4. The van der Waals surface area contributed by atoms with Crippen LogP contribution in [0, 0.1) is 0 Å². The number of benzene rings is 2. The molecule has 0 radical (unpaired) electrons. The maximum Gasteiger partial charge on any atom is 0.295 e. The van der Waals surface area contributed by atoms with Gasteiger partial charge in [0, 0.05) is 24.5 Å². The fourth-order valence-corrected chi connectivity index (χ4v) is 4.18. The third-order valence-electron chi connectivity index (χ3n) is 6.07. The minimum atomic E-state index is -0.665. The van der Waals surface area contributed by atoms with Gasteiger partial charge in [0.2, 0.25) is 0 Å². The van der Waals surface area contributed by atoms with Gasteiger partial charge >= 0.3 is 0 Å². The summed E-state index contributed by atoms with van der Waals surface area (Å²) in [6.07, 6.45) is 3.71. The second kappa shape index (κ2) is 9.02. The molecule has 168 valence electrons. The number of rotatable bonds is 5. The number of carbonyl (C=O) groups excluding carboxylic acids is 2. The Labute approximate surface area is 194 Å². The second-order valence-electron chi connectivity index (χ2n) is 9.34. The molecule has 2 aromatic carbocycles. The summed E-state index contributed by atoms with van der Waals surface area (Å²) in [4.78, 5) is 31.8. The fraction of sp³-hybridized carbons (Fsp3) is 0.250. The van der Waals surface area contributed by atoms with Crippen LogP contribution >= 0.6 is 0 Å². The van der Waals surface area contributed by atoms with Crippen LogP contribution in [0.3, 0.4) is 0 Å². The molecule has 1 amide bonds. The van der Waals surface area contributed by atoms with E-state index in [1.807, 2.05) is 54.6 Å². The van der Waals surface area contributed by atoms with Gasteiger partial charge in [0.05, 0.1) is 11.6 Å². The summed E-state index contributed by atoms with van der Waals surface area (Å²) in [6, 6.07) is 20.4. The lowest BCUT2D eigenvalue weighted by Gasteiger charge is -2.26. The van der Waals surface area contributed by atoms with Crippen molar-refractivity contribution >= 4 is 17.4 Å². The molecule has 0 spiro atoms. The van der Waals surface area contributed by atoms with Gasteiger partial charge in [-0.2, -0.15) is 0 Å². The van der Waals surface area contributed by atoms with E-state index in [0.29, 0.717) is 18.5 Å². The van der Waals surface area contributed by atoms with Crippen LogP contribution in [-0.4, -0.2) is 33.2 Å². The highest BCUT2D eigenvalue weighted by atomic mass is 16.3. The summed E-state index contributed by atoms with van der Waals surface area (Å²) >= 11 is 0. The van der Waals surface area contributed by atoms with Gasteiger partial charge in [-0.1, -0.05) is 75.4 Å². The molecule has 1 unspecified atom stereocenters. The first-order valence-electron chi connectivity index (χ1n) is 11.1. The number of hydrogen-bond donors (Lipinski definition) is 1. The van der Waals surface area contributed by atoms with Gasteiger partial charge in [0.25, 0.3) is 11.7 Å². The molecular weight excluding hydrogens is 412 g/mol. The molecule has 2 heterocycles. The Morgan fingerprint density at radius 2 is 1.58 bits per heavy atom. The van der Waals surface area contributed by atoms with Gasteiger partial charge in [-0.3, -0.25) is 14.6 Å². The number of pyridine rings is 1. The summed E-state index contributed by atoms with van der Waals surface area (Å²) in [5.41, 5.74) is 3.58. The number of nitrogens with zero attached hydrogens (tertiary/aromatic N) is 2. The minimum Gasteiger partial charge on any atom is -0.507 e. The summed E-state index contributed by atoms with van der Waals surface area (Å²) in [6.45, 7) is 6.78. The Hall–Kier alpha value is -3.73. The maximum atomic E-state index is 13.1. The summed E-state index contributed by atoms with van der Waals surface area (Å²) in [5, 5.41) is 11.1. The Bertz CT molecular complexity index is 1180. The highest BCUT2D eigenvalue weighted by Crippen LogP contribution is 2.40. The standard InChI is InChI=1S/C28H28N2O3/c1-28(2,3)22-11-9-20(10-12-22)24-23(25(31)21-13-16-29-17-14-21)26(32)27(33)30(24)18-15-19-7-5-4-6-8-19/h4-14,16-17,24,31H,15,18H2,1-3H3. The van der Waals surface area contributed by atoms with Crippen molar-refractivity contribution in [3.05, 3.63) is 107 Å². The van der Waals surface area contributed by atoms with Crippen LogP contribution in [0.2, 0.25) is 0 Å². The van der Waals surface area contributed by atoms with Crippen molar-refractivity contribution in [2.75, 3.05) is 6.54 Å². The van der Waals surface area contributed by atoms with Crippen molar-refractivity contribution < 1.29 is 14.7 Å². The van der Waals surface area contributed by atoms with E-state index in [1.165, 1.54) is 0 Å². The zero-order chi connectivity index (χ0) is 23.6. The maximum absolute atomic E-state index is 13.1. The van der Waals surface area contributed by atoms with Gasteiger partial charge in [0.15, 0.2) is 0 Å². The molecular formula is C28H28N2O3. The van der Waals surface area contributed by atoms with Crippen molar-refractivity contribution in [1.82, 2.24) is 9.88 Å². The van der Waals surface area contributed by atoms with Crippen LogP contribution in [0.4, 0.5) is 0 Å². The summed E-state index contributed by atoms with van der Waals surface area (Å²) < 4.78 is 0. The van der Waals surface area contributed by atoms with Crippen LogP contribution in [0.5, 0.6) is 0 Å². The van der Waals surface area contributed by atoms with Gasteiger partial charge in [0.1, 0.15) is 5.76 Å². The lowest BCUT2D eigenvalue weighted by molar-refractivity contribution is -0.139. The quantitative estimate of drug-likeness (QED) is 0.343. The number of Topliss-reactive ketones (excluding diaryl/α,β-unsaturated/α-hetero) is 1. The average molecular weight is 441 g/mol. The molecule has 1 saturated heterocycles. The topological polar surface area (TPSA) is 70.5 Å². The van der Waals surface area contributed by atoms with Crippen LogP contribution < -0.4 is 0 Å². The van der Waals surface area contributed by atoms with Crippen LogP contribution in [-0.2, 0) is 21.4 Å². The lowest BCUT2D eigenvalue weighted by Crippen LogP contribution is -2.31. The first-order valence-corrected chi connectivity index (χ1v) is 11.1. The average Bonchev–Trinajstić information content (AvgIpc) is 3.08. The van der Waals surface area contributed by atoms with Crippen molar-refractivity contribution in [2.45, 2.75) is 38.6 Å². The second-order valence-corrected chi connectivity index (χ2v) is 9.34. The van der Waals surface area contributed by atoms with Crippen LogP contribution in [0.15, 0.2) is 84.7 Å². The fourth-order valence-electron chi connectivity index (χ4n) is 4.18. The zero-order valence-electron chi connectivity index (χ0n) is 19.2. The Kier molecular flexibility index (Phi) is 6.14. The number of aliphatic hydroxyl groups excluding tert-OH is 1. The number of aliphatic hydroxyl groups is 1. The normalized spacial score (nSPS) is 18.0. The molecule has 1 aliphatic rings. The zero-order valence-corrected chi connectivity index (χ0v) is 19.2. The predicted molar refractivity (Wildman–Crippen MR) is 129 cm³/mol. The summed E-state index contributed by atoms with van der Waals surface area (Å²) in [5.74, 6) is -1.43. The van der Waals surface area contributed by atoms with Gasteiger partial charge in [-0.05, 0) is 40.7 Å². The largest absolute Gasteiger partial charge is 0.507 e. The predicted octanol–water partition coefficient (Wildman–Crippen LogP) is 5.04. The highest BCUT2D eigenvalue weighted by Gasteiger charge is 2.45. The van der Waals surface area contributed by atoms with Crippen molar-refractivity contribution in [1.29, 1.82) is 0 Å². The molecule has 0 saturated carbocycles. The molecule has 5 heteroatoms. The number of aromatic nitrogens is 1. The Morgan fingerprint density at radius 3 is 2.18 bits per heavy atom. The third kappa shape index (κ3) is 4.58. The third-order valence-corrected chi connectivity index (χ3v) is 6.07. The van der Waals surface area contributed by atoms with Crippen molar-refractivity contribution in [3.8, 4) is 0 Å². The number of likely N-dealkylation sites (tertiary alicyclic amines) is 1. The molecule has 1 aliphatic heterocycles. The molecule has 0 aliphatic carbocycles. The van der Waals surface area contributed by atoms with Crippen molar-refractivity contribution in [3.63, 3.8) is 0 Å². The minimum absolute atomic E-state index is 0.0231. The number of amides is 1. The molecule has 0 bridgehead atoms. The molecule has 4 rings (SSSR count). The van der Waals surface area contributed by atoms with E-state index < -0.39 is 17.7 Å². The lowest BCUT2D eigenvalue weighted by atomic mass is 9.85. The van der Waals surface area contributed by atoms with Gasteiger partial charge in [-0.15, -0.1) is 0 Å². The first kappa shape index (κ1) is 22.5. The van der Waals surface area contributed by atoms with E-state index in [0.717, 1.165) is 16.7 Å². The van der Waals surface area contributed by atoms with Crippen LogP contribution in [0.1, 0.15) is 49.1 Å². The first-order chi connectivity index (χ1) is 15.8. The molecule has 1 fully saturated rings. The SMILES string of the molecule is CC(C)(C)c1ccc(C2C(=C(O)c3ccncc3)C(=O)C(=O)N2CCc2ccccc2)cc1. The summed E-state index contributed by atoms with van der Waals surface area (Å²) in [7, 11) is 0. The van der Waals surface area contributed by atoms with E-state index in [9.17, 15) is 14.7 Å². The highest BCUT2D eigenvalue weighted by molar-refractivity contribution is 6.46. The van der Waals surface area contributed by atoms with Crippen molar-refractivity contribution in [2.24, 2.45) is 0 Å². The van der Waals surface area contributed by atoms with E-state index in [4.69, 9.17) is 0 Å². The van der Waals surface area contributed by atoms with Gasteiger partial charge < -0.3 is 10.0 Å². The monoisotopic (exact) mass is 440 g/mol. The molecule has 1 N–H and O–H groups in total. The smallest absolute Gasteiger partial charge is 0.295 e. The van der Waals surface area contributed by atoms with Crippen LogP contribution in [0.25, 0.3) is 5.76 Å². The van der Waals surface area contributed by atoms with E-state index in [1.54, 1.807) is 29.4 Å². The van der Waals surface area contributed by atoms with E-state index in [-0.39, 0.29) is 16.7 Å². The number of carbonyl (C=O) groups is 2. The molecule has 5 nitrogen and oxygen atoms in total. The number of ketones is 1. The van der Waals surface area contributed by atoms with Gasteiger partial charge in [-0.25, -0.2) is 0 Å². The molecule has 1 atom stereocenters. The molecule has 33 heavy (non-hydrogen) atoms. The van der Waals surface area contributed by atoms with E-state index in [2.05, 4.69) is 25.8 Å². The molecule has 1 aromatic heterocycles.